The molecule has 8 nitrogen and oxygen atoms in total. The number of allylic oxidation sites excluding steroid dienone is 2. The number of guanidine groups is 1. The van der Waals surface area contributed by atoms with Gasteiger partial charge in [-0.05, 0) is 36.8 Å². The number of aryl methyl sites for hydroxylation is 1. The van der Waals surface area contributed by atoms with Crippen molar-refractivity contribution in [3.05, 3.63) is 47.9 Å². The molecule has 0 aromatic carbocycles. The van der Waals surface area contributed by atoms with Crippen LogP contribution >= 0.6 is 24.0 Å². The van der Waals surface area contributed by atoms with Crippen molar-refractivity contribution in [2.24, 2.45) is 28.7 Å². The second-order valence-electron chi connectivity index (χ2n) is 8.66. The normalized spacial score (nSPS) is 26.1. The van der Waals surface area contributed by atoms with E-state index < -0.39 is 0 Å². The quantitative estimate of drug-likeness (QED) is 0.189. The summed E-state index contributed by atoms with van der Waals surface area (Å²) in [7, 11) is 1.71. The van der Waals surface area contributed by atoms with Gasteiger partial charge in [-0.25, -0.2) is 4.98 Å². The summed E-state index contributed by atoms with van der Waals surface area (Å²) in [6.07, 6.45) is 10.0. The van der Waals surface area contributed by atoms with E-state index >= 15 is 0 Å². The Bertz CT molecular complexity index is 1060. The Kier molecular flexibility index (Phi) is 6.55. The highest BCUT2D eigenvalue weighted by atomic mass is 127. The van der Waals surface area contributed by atoms with Crippen molar-refractivity contribution in [2.75, 3.05) is 26.7 Å². The van der Waals surface area contributed by atoms with Gasteiger partial charge in [0.25, 0.3) is 0 Å². The molecule has 1 saturated heterocycles. The summed E-state index contributed by atoms with van der Waals surface area (Å²) in [5.41, 5.74) is 3.15. The Morgan fingerprint density at radius 1 is 1.16 bits per heavy atom. The highest BCUT2D eigenvalue weighted by Crippen LogP contribution is 2.52. The number of likely N-dealkylation sites (tertiary alicyclic amines) is 1. The molecule has 2 bridgehead atoms. The number of carbonyl (C=O) groups excluding carboxylic acids is 2. The number of rotatable bonds is 6. The lowest BCUT2D eigenvalue weighted by atomic mass is 9.85. The Morgan fingerprint density at radius 3 is 2.50 bits per heavy atom. The largest absolute Gasteiger partial charge is 0.356 e. The van der Waals surface area contributed by atoms with E-state index in [1.54, 1.807) is 7.05 Å². The van der Waals surface area contributed by atoms with E-state index in [9.17, 15) is 9.59 Å². The third-order valence-electron chi connectivity index (χ3n) is 6.81. The van der Waals surface area contributed by atoms with E-state index in [1.807, 2.05) is 22.9 Å². The number of imidazole rings is 1. The van der Waals surface area contributed by atoms with E-state index in [0.29, 0.717) is 25.6 Å². The van der Waals surface area contributed by atoms with Gasteiger partial charge in [0, 0.05) is 45.5 Å². The number of halogens is 1. The highest BCUT2D eigenvalue weighted by Gasteiger charge is 2.58. The number of hydrogen-bond donors (Lipinski definition) is 2. The van der Waals surface area contributed by atoms with E-state index in [1.165, 1.54) is 4.90 Å². The number of amides is 2. The zero-order valence-corrected chi connectivity index (χ0v) is 20.7. The van der Waals surface area contributed by atoms with Gasteiger partial charge in [0.2, 0.25) is 11.8 Å². The minimum absolute atomic E-state index is 0. The first-order chi connectivity index (χ1) is 15.1. The molecule has 32 heavy (non-hydrogen) atoms. The van der Waals surface area contributed by atoms with Crippen molar-refractivity contribution in [3.8, 4) is 0 Å². The van der Waals surface area contributed by atoms with Crippen molar-refractivity contribution in [2.45, 2.75) is 19.8 Å². The predicted molar refractivity (Wildman–Crippen MR) is 133 cm³/mol. The summed E-state index contributed by atoms with van der Waals surface area (Å²) in [6.45, 7) is 3.59. The number of nitrogens with one attached hydrogen (secondary N) is 2. The minimum atomic E-state index is -0.131. The molecule has 9 heteroatoms. The number of aliphatic imine (C=N–C) groups is 1. The van der Waals surface area contributed by atoms with E-state index in [4.69, 9.17) is 0 Å². The molecular weight excluding hydrogens is 519 g/mol. The first kappa shape index (κ1) is 22.8. The van der Waals surface area contributed by atoms with Crippen LogP contribution in [0.1, 0.15) is 17.7 Å². The van der Waals surface area contributed by atoms with Crippen molar-refractivity contribution >= 4 is 47.4 Å². The van der Waals surface area contributed by atoms with Crippen LogP contribution in [0.2, 0.25) is 0 Å². The molecule has 2 N–H and O–H groups in total. The fourth-order valence-corrected chi connectivity index (χ4v) is 5.32. The van der Waals surface area contributed by atoms with Crippen molar-refractivity contribution < 1.29 is 9.59 Å². The molecule has 3 aliphatic rings. The lowest BCUT2D eigenvalue weighted by Gasteiger charge is -2.18. The van der Waals surface area contributed by atoms with Crippen LogP contribution in [0.15, 0.2) is 41.7 Å². The van der Waals surface area contributed by atoms with Crippen LogP contribution in [0.4, 0.5) is 0 Å². The Labute approximate surface area is 204 Å². The maximum Gasteiger partial charge on any atom is 0.233 e. The first-order valence-electron chi connectivity index (χ1n) is 11.0. The number of nitrogens with zero attached hydrogens (tertiary/aromatic N) is 4. The van der Waals surface area contributed by atoms with Gasteiger partial charge in [-0.2, -0.15) is 0 Å². The second kappa shape index (κ2) is 9.21. The zero-order chi connectivity index (χ0) is 21.5. The summed E-state index contributed by atoms with van der Waals surface area (Å²) in [5, 5.41) is 6.49. The molecule has 0 spiro atoms. The van der Waals surface area contributed by atoms with Gasteiger partial charge in [-0.3, -0.25) is 19.5 Å². The Balaban J connectivity index is 0.00000245. The van der Waals surface area contributed by atoms with Gasteiger partial charge in [0.15, 0.2) is 5.96 Å². The second-order valence-corrected chi connectivity index (χ2v) is 8.66. The van der Waals surface area contributed by atoms with Gasteiger partial charge in [-0.1, -0.05) is 18.2 Å². The Hall–Kier alpha value is -2.43. The average Bonchev–Trinajstić information content (AvgIpc) is 3.52. The summed E-state index contributed by atoms with van der Waals surface area (Å²) in [4.78, 5) is 35.9. The summed E-state index contributed by atoms with van der Waals surface area (Å²) >= 11 is 0. The van der Waals surface area contributed by atoms with E-state index in [0.717, 1.165) is 29.7 Å². The molecule has 4 atom stereocenters. The fourth-order valence-electron chi connectivity index (χ4n) is 5.32. The third-order valence-corrected chi connectivity index (χ3v) is 6.81. The summed E-state index contributed by atoms with van der Waals surface area (Å²) in [5.74, 6) is 0.894. The van der Waals surface area contributed by atoms with Crippen LogP contribution in [0.5, 0.6) is 0 Å². The molecule has 1 saturated carbocycles. The first-order valence-corrected chi connectivity index (χ1v) is 11.0. The monoisotopic (exact) mass is 548 g/mol. The molecule has 0 radical (unpaired) electrons. The lowest BCUT2D eigenvalue weighted by molar-refractivity contribution is -0.140. The molecule has 2 fully saturated rings. The van der Waals surface area contributed by atoms with Crippen LogP contribution < -0.4 is 10.6 Å². The number of pyridine rings is 1. The average molecular weight is 548 g/mol. The van der Waals surface area contributed by atoms with Crippen molar-refractivity contribution in [1.82, 2.24) is 24.9 Å². The number of hydrogen-bond acceptors (Lipinski definition) is 4. The molecule has 2 aromatic heterocycles. The SMILES string of the molecule is CN=C(NCCc1cn2cccc(C)c2n1)NCCN1C(=O)C2C3C=CC(C3)C2C1=O.I. The van der Waals surface area contributed by atoms with Crippen LogP contribution in [0.3, 0.4) is 0 Å². The lowest BCUT2D eigenvalue weighted by Crippen LogP contribution is -2.44. The topological polar surface area (TPSA) is 91.1 Å². The smallest absolute Gasteiger partial charge is 0.233 e. The molecule has 2 aliphatic carbocycles. The summed E-state index contributed by atoms with van der Waals surface area (Å²) in [6, 6.07) is 4.07. The minimum Gasteiger partial charge on any atom is -0.356 e. The number of fused-ring (bicyclic) bond motifs is 6. The summed E-state index contributed by atoms with van der Waals surface area (Å²) < 4.78 is 2.04. The number of carbonyl (C=O) groups is 2. The Morgan fingerprint density at radius 2 is 1.84 bits per heavy atom. The van der Waals surface area contributed by atoms with Crippen LogP contribution in [-0.2, 0) is 16.0 Å². The van der Waals surface area contributed by atoms with E-state index in [2.05, 4.69) is 45.8 Å². The predicted octanol–water partition coefficient (Wildman–Crippen LogP) is 1.78. The zero-order valence-electron chi connectivity index (χ0n) is 18.3. The molecule has 4 unspecified atom stereocenters. The van der Waals surface area contributed by atoms with Crippen molar-refractivity contribution in [3.63, 3.8) is 0 Å². The number of aromatic nitrogens is 2. The van der Waals surface area contributed by atoms with Gasteiger partial charge in [0.05, 0.1) is 17.5 Å². The maximum absolute atomic E-state index is 12.7. The van der Waals surface area contributed by atoms with Gasteiger partial charge >= 0.3 is 0 Å². The molecule has 3 heterocycles. The molecule has 2 aromatic rings. The molecule has 5 rings (SSSR count). The van der Waals surface area contributed by atoms with Crippen LogP contribution in [0.25, 0.3) is 5.65 Å². The van der Waals surface area contributed by atoms with Gasteiger partial charge in [-0.15, -0.1) is 24.0 Å². The highest BCUT2D eigenvalue weighted by molar-refractivity contribution is 14.0. The maximum atomic E-state index is 12.7. The van der Waals surface area contributed by atoms with Crippen LogP contribution in [-0.4, -0.2) is 58.7 Å². The van der Waals surface area contributed by atoms with Crippen LogP contribution in [0, 0.1) is 30.6 Å². The van der Waals surface area contributed by atoms with Crippen molar-refractivity contribution in [1.29, 1.82) is 0 Å². The molecule has 1 aliphatic heterocycles. The molecule has 170 valence electrons. The fraction of sp³-hybridized carbons (Fsp3) is 0.478. The molecular formula is C23H29IN6O2. The van der Waals surface area contributed by atoms with Gasteiger partial charge < -0.3 is 15.0 Å². The number of imide groups is 1. The molecule has 2 amide bonds. The van der Waals surface area contributed by atoms with E-state index in [-0.39, 0.29) is 59.5 Å². The third kappa shape index (κ3) is 3.91. The standard InChI is InChI=1S/C23H28N6O2.HI/c1-14-4-3-10-28-13-17(27-20(14)28)7-8-25-23(24-2)26-9-11-29-21(30)18-15-5-6-16(12-15)19(18)22(29)31;/h3-6,10,13,15-16,18-19H,7-9,11-12H2,1-2H3,(H2,24,25,26);1H. The van der Waals surface area contributed by atoms with Gasteiger partial charge in [0.1, 0.15) is 5.65 Å².